The van der Waals surface area contributed by atoms with Gasteiger partial charge in [0.2, 0.25) is 0 Å². The lowest BCUT2D eigenvalue weighted by Gasteiger charge is -2.30. The van der Waals surface area contributed by atoms with Crippen LogP contribution in [0.5, 0.6) is 0 Å². The summed E-state index contributed by atoms with van der Waals surface area (Å²) in [6.45, 7) is 11.9. The predicted octanol–water partition coefficient (Wildman–Crippen LogP) is 3.04. The van der Waals surface area contributed by atoms with E-state index in [0.29, 0.717) is 24.1 Å². The minimum atomic E-state index is -0.573. The number of carbonyl (C=O) groups excluding carboxylic acids is 2. The van der Waals surface area contributed by atoms with Gasteiger partial charge in [0, 0.05) is 30.8 Å². The summed E-state index contributed by atoms with van der Waals surface area (Å²) in [5.41, 5.74) is 4.25. The SMILES string of the molecule is CCC(C)(CNC(=O)c1cnc(C)c(C)c1)NC(=O)c1cncc(C)c1C. The number of carbonyl (C=O) groups is 2. The highest BCUT2D eigenvalue weighted by Crippen LogP contribution is 2.15. The quantitative estimate of drug-likeness (QED) is 0.821. The van der Waals surface area contributed by atoms with Gasteiger partial charge in [-0.25, -0.2) is 0 Å². The molecule has 0 aliphatic heterocycles. The topological polar surface area (TPSA) is 84.0 Å². The second kappa shape index (κ2) is 8.29. The smallest absolute Gasteiger partial charge is 0.253 e. The van der Waals surface area contributed by atoms with E-state index in [-0.39, 0.29) is 11.8 Å². The lowest BCUT2D eigenvalue weighted by atomic mass is 9.97. The van der Waals surface area contributed by atoms with Crippen LogP contribution in [-0.4, -0.2) is 33.9 Å². The first-order chi connectivity index (χ1) is 12.7. The van der Waals surface area contributed by atoms with Crippen LogP contribution in [0.1, 0.15) is 63.4 Å². The Hall–Kier alpha value is -2.76. The largest absolute Gasteiger partial charge is 0.350 e. The Morgan fingerprint density at radius 3 is 2.37 bits per heavy atom. The van der Waals surface area contributed by atoms with Crippen molar-refractivity contribution in [1.82, 2.24) is 20.6 Å². The Bertz CT molecular complexity index is 863. The average molecular weight is 368 g/mol. The van der Waals surface area contributed by atoms with Gasteiger partial charge in [0.15, 0.2) is 0 Å². The summed E-state index contributed by atoms with van der Waals surface area (Å²) in [7, 11) is 0. The van der Waals surface area contributed by atoms with Gasteiger partial charge < -0.3 is 10.6 Å². The van der Waals surface area contributed by atoms with Gasteiger partial charge in [-0.15, -0.1) is 0 Å². The van der Waals surface area contributed by atoms with E-state index in [1.54, 1.807) is 18.6 Å². The zero-order valence-corrected chi connectivity index (χ0v) is 16.9. The highest BCUT2D eigenvalue weighted by molar-refractivity contribution is 5.96. The van der Waals surface area contributed by atoms with Crippen molar-refractivity contribution in [3.63, 3.8) is 0 Å². The second-order valence-corrected chi connectivity index (χ2v) is 7.31. The van der Waals surface area contributed by atoms with E-state index in [9.17, 15) is 9.59 Å². The molecule has 2 aromatic heterocycles. The first-order valence-corrected chi connectivity index (χ1v) is 9.12. The highest BCUT2D eigenvalue weighted by Gasteiger charge is 2.26. The minimum Gasteiger partial charge on any atom is -0.350 e. The van der Waals surface area contributed by atoms with Crippen LogP contribution in [0.15, 0.2) is 24.7 Å². The molecule has 0 saturated heterocycles. The molecule has 2 N–H and O–H groups in total. The van der Waals surface area contributed by atoms with E-state index in [4.69, 9.17) is 0 Å². The molecule has 6 heteroatoms. The van der Waals surface area contributed by atoms with Gasteiger partial charge in [0.1, 0.15) is 0 Å². The van der Waals surface area contributed by atoms with Crippen LogP contribution in [0.3, 0.4) is 0 Å². The molecule has 2 amide bonds. The first kappa shape index (κ1) is 20.6. The molecule has 1 unspecified atom stereocenters. The molecule has 0 aliphatic carbocycles. The number of nitrogens with zero attached hydrogens (tertiary/aromatic N) is 2. The van der Waals surface area contributed by atoms with Gasteiger partial charge in [-0.3, -0.25) is 19.6 Å². The van der Waals surface area contributed by atoms with E-state index in [0.717, 1.165) is 22.4 Å². The summed E-state index contributed by atoms with van der Waals surface area (Å²) < 4.78 is 0. The lowest BCUT2D eigenvalue weighted by molar-refractivity contribution is 0.0870. The van der Waals surface area contributed by atoms with Crippen LogP contribution in [0.25, 0.3) is 0 Å². The molecular weight excluding hydrogens is 340 g/mol. The van der Waals surface area contributed by atoms with Crippen molar-refractivity contribution in [2.75, 3.05) is 6.54 Å². The van der Waals surface area contributed by atoms with Crippen LogP contribution >= 0.6 is 0 Å². The molecule has 0 saturated carbocycles. The van der Waals surface area contributed by atoms with Crippen LogP contribution in [-0.2, 0) is 0 Å². The van der Waals surface area contributed by atoms with Crippen molar-refractivity contribution in [3.05, 3.63) is 58.2 Å². The monoisotopic (exact) mass is 368 g/mol. The van der Waals surface area contributed by atoms with E-state index in [1.807, 2.05) is 47.6 Å². The zero-order valence-electron chi connectivity index (χ0n) is 16.9. The Kier molecular flexibility index (Phi) is 6.31. The number of hydrogen-bond acceptors (Lipinski definition) is 4. The molecule has 2 aromatic rings. The standard InChI is InChI=1S/C21H28N4O2/c1-7-21(6,25-20(27)18-11-22-9-14(3)15(18)4)12-24-19(26)17-8-13(2)16(5)23-10-17/h8-11H,7,12H2,1-6H3,(H,24,26)(H,25,27). The van der Waals surface area contributed by atoms with Crippen molar-refractivity contribution < 1.29 is 9.59 Å². The van der Waals surface area contributed by atoms with Crippen molar-refractivity contribution in [1.29, 1.82) is 0 Å². The summed E-state index contributed by atoms with van der Waals surface area (Å²) in [5.74, 6) is -0.386. The van der Waals surface area contributed by atoms with Gasteiger partial charge in [-0.05, 0) is 63.8 Å². The second-order valence-electron chi connectivity index (χ2n) is 7.31. The maximum Gasteiger partial charge on any atom is 0.253 e. The third-order valence-electron chi connectivity index (χ3n) is 5.15. The van der Waals surface area contributed by atoms with Gasteiger partial charge in [0.05, 0.1) is 16.7 Å². The molecule has 0 radical (unpaired) electrons. The van der Waals surface area contributed by atoms with Gasteiger partial charge in [-0.2, -0.15) is 0 Å². The Labute approximate surface area is 160 Å². The summed E-state index contributed by atoms with van der Waals surface area (Å²) in [5, 5.41) is 5.96. The molecule has 0 aromatic carbocycles. The molecule has 144 valence electrons. The molecule has 2 rings (SSSR count). The van der Waals surface area contributed by atoms with Crippen molar-refractivity contribution in [2.24, 2.45) is 0 Å². The van der Waals surface area contributed by atoms with E-state index in [2.05, 4.69) is 20.6 Å². The molecule has 2 heterocycles. The van der Waals surface area contributed by atoms with Gasteiger partial charge >= 0.3 is 0 Å². The maximum absolute atomic E-state index is 12.7. The van der Waals surface area contributed by atoms with Crippen molar-refractivity contribution in [3.8, 4) is 0 Å². The lowest BCUT2D eigenvalue weighted by Crippen LogP contribution is -2.53. The predicted molar refractivity (Wildman–Crippen MR) is 106 cm³/mol. The average Bonchev–Trinajstić information content (AvgIpc) is 2.64. The fraction of sp³-hybridized carbons (Fsp3) is 0.429. The van der Waals surface area contributed by atoms with Crippen LogP contribution in [0, 0.1) is 27.7 Å². The number of nitrogens with one attached hydrogen (secondary N) is 2. The fourth-order valence-corrected chi connectivity index (χ4v) is 2.60. The molecule has 27 heavy (non-hydrogen) atoms. The minimum absolute atomic E-state index is 0.185. The number of aromatic nitrogens is 2. The van der Waals surface area contributed by atoms with Gasteiger partial charge in [-0.1, -0.05) is 6.92 Å². The molecule has 0 bridgehead atoms. The number of hydrogen-bond donors (Lipinski definition) is 2. The van der Waals surface area contributed by atoms with E-state index >= 15 is 0 Å². The normalized spacial score (nSPS) is 13.0. The highest BCUT2D eigenvalue weighted by atomic mass is 16.2. The molecule has 1 atom stereocenters. The third-order valence-corrected chi connectivity index (χ3v) is 5.15. The molecule has 0 spiro atoms. The van der Waals surface area contributed by atoms with Crippen LogP contribution < -0.4 is 10.6 Å². The Morgan fingerprint density at radius 1 is 1.04 bits per heavy atom. The molecule has 0 aliphatic rings. The van der Waals surface area contributed by atoms with Crippen molar-refractivity contribution >= 4 is 11.8 Å². The van der Waals surface area contributed by atoms with Gasteiger partial charge in [0.25, 0.3) is 11.8 Å². The fourth-order valence-electron chi connectivity index (χ4n) is 2.60. The first-order valence-electron chi connectivity index (χ1n) is 9.12. The summed E-state index contributed by atoms with van der Waals surface area (Å²) >= 11 is 0. The summed E-state index contributed by atoms with van der Waals surface area (Å²) in [6.07, 6.45) is 5.56. The number of aryl methyl sites for hydroxylation is 3. The number of rotatable bonds is 6. The van der Waals surface area contributed by atoms with Crippen molar-refractivity contribution in [2.45, 2.75) is 53.5 Å². The number of pyridine rings is 2. The Balaban J connectivity index is 2.07. The summed E-state index contributed by atoms with van der Waals surface area (Å²) in [4.78, 5) is 33.5. The van der Waals surface area contributed by atoms with E-state index < -0.39 is 5.54 Å². The molecular formula is C21H28N4O2. The zero-order chi connectivity index (χ0) is 20.2. The van der Waals surface area contributed by atoms with Crippen LogP contribution in [0.4, 0.5) is 0 Å². The maximum atomic E-state index is 12.7. The number of amides is 2. The third kappa shape index (κ3) is 4.90. The van der Waals surface area contributed by atoms with E-state index in [1.165, 1.54) is 0 Å². The Morgan fingerprint density at radius 2 is 1.74 bits per heavy atom. The van der Waals surface area contributed by atoms with Crippen LogP contribution in [0.2, 0.25) is 0 Å². The summed E-state index contributed by atoms with van der Waals surface area (Å²) in [6, 6.07) is 1.82. The molecule has 6 nitrogen and oxygen atoms in total. The molecule has 0 fully saturated rings.